The van der Waals surface area contributed by atoms with Crippen molar-refractivity contribution >= 4 is 23.4 Å². The Morgan fingerprint density at radius 1 is 1.17 bits per heavy atom. The highest BCUT2D eigenvalue weighted by Crippen LogP contribution is 2.41. The predicted molar refractivity (Wildman–Crippen MR) is 113 cm³/mol. The number of aryl methyl sites for hydroxylation is 1. The van der Waals surface area contributed by atoms with E-state index in [4.69, 9.17) is 0 Å². The SMILES string of the molecule is CC(=O)Nc1ccc(C(=O)N2CCC3(CCN(Cc4ccccn4)C3=O)C2)c(C)c1. The van der Waals surface area contributed by atoms with Crippen LogP contribution in [0.15, 0.2) is 42.6 Å². The highest BCUT2D eigenvalue weighted by atomic mass is 16.2. The van der Waals surface area contributed by atoms with E-state index < -0.39 is 5.41 Å². The zero-order valence-corrected chi connectivity index (χ0v) is 17.4. The number of nitrogens with zero attached hydrogens (tertiary/aromatic N) is 3. The van der Waals surface area contributed by atoms with Gasteiger partial charge in [0.05, 0.1) is 17.7 Å². The van der Waals surface area contributed by atoms with Crippen molar-refractivity contribution in [2.24, 2.45) is 5.41 Å². The molecule has 7 nitrogen and oxygen atoms in total. The van der Waals surface area contributed by atoms with Gasteiger partial charge in [0.15, 0.2) is 0 Å². The molecule has 156 valence electrons. The second-order valence-corrected chi connectivity index (χ2v) is 8.27. The molecule has 1 atom stereocenters. The molecular formula is C23H26N4O3. The third kappa shape index (κ3) is 3.79. The summed E-state index contributed by atoms with van der Waals surface area (Å²) in [7, 11) is 0. The molecule has 0 aliphatic carbocycles. The predicted octanol–water partition coefficient (Wildman–Crippen LogP) is 2.61. The zero-order chi connectivity index (χ0) is 21.3. The lowest BCUT2D eigenvalue weighted by atomic mass is 9.85. The molecule has 3 heterocycles. The first kappa shape index (κ1) is 20.1. The first-order chi connectivity index (χ1) is 14.4. The first-order valence-electron chi connectivity index (χ1n) is 10.2. The van der Waals surface area contributed by atoms with Crippen LogP contribution in [-0.2, 0) is 16.1 Å². The van der Waals surface area contributed by atoms with Crippen LogP contribution in [0, 0.1) is 12.3 Å². The van der Waals surface area contributed by atoms with Gasteiger partial charge in [-0.3, -0.25) is 19.4 Å². The summed E-state index contributed by atoms with van der Waals surface area (Å²) in [5.74, 6) is -0.0825. The summed E-state index contributed by atoms with van der Waals surface area (Å²) in [5.41, 5.74) is 2.49. The van der Waals surface area contributed by atoms with Crippen LogP contribution in [0.25, 0.3) is 0 Å². The highest BCUT2D eigenvalue weighted by Gasteiger charge is 2.51. The molecule has 2 aliphatic rings. The van der Waals surface area contributed by atoms with E-state index in [1.165, 1.54) is 6.92 Å². The molecule has 0 radical (unpaired) electrons. The lowest BCUT2D eigenvalue weighted by molar-refractivity contribution is -0.136. The van der Waals surface area contributed by atoms with Gasteiger partial charge in [0.25, 0.3) is 5.91 Å². The quantitative estimate of drug-likeness (QED) is 0.846. The molecule has 2 aliphatic heterocycles. The fraction of sp³-hybridized carbons (Fsp3) is 0.391. The Balaban J connectivity index is 1.44. The number of carbonyl (C=O) groups excluding carboxylic acids is 3. The number of aromatic nitrogens is 1. The van der Waals surface area contributed by atoms with E-state index in [2.05, 4.69) is 10.3 Å². The lowest BCUT2D eigenvalue weighted by Crippen LogP contribution is -2.38. The highest BCUT2D eigenvalue weighted by molar-refractivity contribution is 5.98. The number of anilines is 1. The molecule has 1 spiro atoms. The molecule has 0 saturated carbocycles. The van der Waals surface area contributed by atoms with Crippen LogP contribution >= 0.6 is 0 Å². The number of rotatable bonds is 4. The maximum atomic E-state index is 13.2. The van der Waals surface area contributed by atoms with Gasteiger partial charge in [-0.2, -0.15) is 0 Å². The number of hydrogen-bond acceptors (Lipinski definition) is 4. The van der Waals surface area contributed by atoms with E-state index >= 15 is 0 Å². The molecule has 2 aromatic rings. The van der Waals surface area contributed by atoms with E-state index in [1.54, 1.807) is 29.3 Å². The Morgan fingerprint density at radius 2 is 1.97 bits per heavy atom. The van der Waals surface area contributed by atoms with Crippen molar-refractivity contribution in [3.8, 4) is 0 Å². The standard InChI is InChI=1S/C23H26N4O3/c1-16-13-18(25-17(2)28)6-7-20(16)21(29)27-12-9-23(15-27)8-11-26(22(23)30)14-19-5-3-4-10-24-19/h3-7,10,13H,8-9,11-12,14-15H2,1-2H3,(H,25,28). The molecule has 7 heteroatoms. The van der Waals surface area contributed by atoms with Crippen molar-refractivity contribution in [2.45, 2.75) is 33.2 Å². The lowest BCUT2D eigenvalue weighted by Gasteiger charge is -2.24. The van der Waals surface area contributed by atoms with E-state index in [0.29, 0.717) is 43.9 Å². The number of nitrogens with one attached hydrogen (secondary N) is 1. The fourth-order valence-electron chi connectivity index (χ4n) is 4.51. The molecule has 1 unspecified atom stereocenters. The maximum Gasteiger partial charge on any atom is 0.254 e. The van der Waals surface area contributed by atoms with Gasteiger partial charge in [-0.05, 0) is 55.7 Å². The van der Waals surface area contributed by atoms with Crippen LogP contribution in [0.2, 0.25) is 0 Å². The number of amides is 3. The third-order valence-electron chi connectivity index (χ3n) is 6.10. The summed E-state index contributed by atoms with van der Waals surface area (Å²) < 4.78 is 0. The molecule has 3 amide bonds. The minimum absolute atomic E-state index is 0.0604. The molecule has 2 fully saturated rings. The summed E-state index contributed by atoms with van der Waals surface area (Å²) in [5, 5.41) is 2.73. The Kier molecular flexibility index (Phi) is 5.28. The third-order valence-corrected chi connectivity index (χ3v) is 6.10. The summed E-state index contributed by atoms with van der Waals surface area (Å²) in [6, 6.07) is 11.0. The molecule has 4 rings (SSSR count). The van der Waals surface area contributed by atoms with Gasteiger partial charge >= 0.3 is 0 Å². The Morgan fingerprint density at radius 3 is 2.67 bits per heavy atom. The number of likely N-dealkylation sites (tertiary alicyclic amines) is 2. The van der Waals surface area contributed by atoms with E-state index in [9.17, 15) is 14.4 Å². The van der Waals surface area contributed by atoms with Crippen LogP contribution in [0.3, 0.4) is 0 Å². The van der Waals surface area contributed by atoms with Crippen molar-refractivity contribution in [1.82, 2.24) is 14.8 Å². The Hall–Kier alpha value is -3.22. The summed E-state index contributed by atoms with van der Waals surface area (Å²) >= 11 is 0. The van der Waals surface area contributed by atoms with E-state index in [0.717, 1.165) is 17.7 Å². The van der Waals surface area contributed by atoms with Gasteiger partial charge in [0, 0.05) is 44.0 Å². The number of benzene rings is 1. The van der Waals surface area contributed by atoms with Crippen LogP contribution < -0.4 is 5.32 Å². The monoisotopic (exact) mass is 406 g/mol. The summed E-state index contributed by atoms with van der Waals surface area (Å²) in [4.78, 5) is 45.5. The first-order valence-corrected chi connectivity index (χ1v) is 10.2. The molecule has 2 saturated heterocycles. The average molecular weight is 406 g/mol. The summed E-state index contributed by atoms with van der Waals surface area (Å²) in [6.45, 7) is 5.56. The van der Waals surface area contributed by atoms with Crippen molar-refractivity contribution < 1.29 is 14.4 Å². The second kappa shape index (κ2) is 7.89. The van der Waals surface area contributed by atoms with Crippen molar-refractivity contribution in [3.05, 3.63) is 59.4 Å². The van der Waals surface area contributed by atoms with E-state index in [-0.39, 0.29) is 17.7 Å². The van der Waals surface area contributed by atoms with E-state index in [1.807, 2.05) is 30.0 Å². The number of carbonyl (C=O) groups is 3. The molecule has 30 heavy (non-hydrogen) atoms. The van der Waals surface area contributed by atoms with Crippen molar-refractivity contribution in [2.75, 3.05) is 25.0 Å². The van der Waals surface area contributed by atoms with Crippen LogP contribution in [0.1, 0.15) is 41.4 Å². The Bertz CT molecular complexity index is 991. The average Bonchev–Trinajstić information content (AvgIpc) is 3.28. The van der Waals surface area contributed by atoms with Gasteiger partial charge in [-0.1, -0.05) is 6.07 Å². The topological polar surface area (TPSA) is 82.6 Å². The molecule has 1 N–H and O–H groups in total. The molecular weight excluding hydrogens is 380 g/mol. The van der Waals surface area contributed by atoms with Gasteiger partial charge in [0.2, 0.25) is 11.8 Å². The van der Waals surface area contributed by atoms with Crippen LogP contribution in [0.4, 0.5) is 5.69 Å². The number of hydrogen-bond donors (Lipinski definition) is 1. The minimum atomic E-state index is -0.478. The fourth-order valence-corrected chi connectivity index (χ4v) is 4.51. The van der Waals surface area contributed by atoms with Crippen LogP contribution in [0.5, 0.6) is 0 Å². The van der Waals surface area contributed by atoms with Gasteiger partial charge in [-0.15, -0.1) is 0 Å². The summed E-state index contributed by atoms with van der Waals surface area (Å²) in [6.07, 6.45) is 3.20. The van der Waals surface area contributed by atoms with Gasteiger partial charge < -0.3 is 15.1 Å². The molecule has 1 aromatic heterocycles. The van der Waals surface area contributed by atoms with Crippen molar-refractivity contribution in [1.29, 1.82) is 0 Å². The number of pyridine rings is 1. The van der Waals surface area contributed by atoms with Crippen LogP contribution in [-0.4, -0.2) is 52.1 Å². The molecule has 1 aromatic carbocycles. The van der Waals surface area contributed by atoms with Crippen molar-refractivity contribution in [3.63, 3.8) is 0 Å². The second-order valence-electron chi connectivity index (χ2n) is 8.27. The minimum Gasteiger partial charge on any atom is -0.338 e. The smallest absolute Gasteiger partial charge is 0.254 e. The maximum absolute atomic E-state index is 13.2. The van der Waals surface area contributed by atoms with Gasteiger partial charge in [-0.25, -0.2) is 0 Å². The largest absolute Gasteiger partial charge is 0.338 e. The Labute approximate surface area is 176 Å². The molecule has 0 bridgehead atoms. The van der Waals surface area contributed by atoms with Gasteiger partial charge in [0.1, 0.15) is 0 Å². The normalized spacial score (nSPS) is 20.8. The zero-order valence-electron chi connectivity index (χ0n) is 17.4.